The third kappa shape index (κ3) is 5.27. The molecule has 0 radical (unpaired) electrons. The zero-order chi connectivity index (χ0) is 24.0. The molecule has 1 atom stereocenters. The first kappa shape index (κ1) is 23.2. The lowest BCUT2D eigenvalue weighted by Crippen LogP contribution is -2.49. The maximum absolute atomic E-state index is 12.7. The monoisotopic (exact) mass is 473 g/mol. The highest BCUT2D eigenvalue weighted by Gasteiger charge is 2.33. The van der Waals surface area contributed by atoms with E-state index in [-0.39, 0.29) is 19.1 Å². The number of carbonyl (C=O) groups is 2. The summed E-state index contributed by atoms with van der Waals surface area (Å²) in [5, 5.41) is 2.67. The first-order chi connectivity index (χ1) is 17.2. The van der Waals surface area contributed by atoms with Gasteiger partial charge < -0.3 is 24.3 Å². The van der Waals surface area contributed by atoms with E-state index in [0.29, 0.717) is 19.8 Å². The summed E-state index contributed by atoms with van der Waals surface area (Å²) in [5.41, 5.74) is 5.42. The van der Waals surface area contributed by atoms with Crippen LogP contribution >= 0.6 is 0 Å². The number of ether oxygens (including phenoxy) is 4. The van der Waals surface area contributed by atoms with Gasteiger partial charge in [-0.3, -0.25) is 4.79 Å². The molecule has 5 rings (SSSR count). The molecule has 35 heavy (non-hydrogen) atoms. The molecule has 1 fully saturated rings. The van der Waals surface area contributed by atoms with Gasteiger partial charge >= 0.3 is 11.9 Å². The average molecular weight is 474 g/mol. The van der Waals surface area contributed by atoms with Crippen molar-refractivity contribution in [2.24, 2.45) is 0 Å². The molecule has 1 aliphatic heterocycles. The molecule has 0 spiro atoms. The van der Waals surface area contributed by atoms with Crippen LogP contribution in [0.1, 0.15) is 22.6 Å². The number of esters is 1. The number of benzene rings is 3. The molecule has 1 amide bonds. The van der Waals surface area contributed by atoms with Gasteiger partial charge in [-0.15, -0.1) is 0 Å². The molecule has 7 heteroatoms. The Hall–Kier alpha value is -3.52. The minimum Gasteiger partial charge on any atom is -0.458 e. The van der Waals surface area contributed by atoms with Gasteiger partial charge in [-0.1, -0.05) is 78.9 Å². The topological polar surface area (TPSA) is 83.1 Å². The lowest BCUT2D eigenvalue weighted by molar-refractivity contribution is -0.157. The van der Waals surface area contributed by atoms with Crippen molar-refractivity contribution in [3.63, 3.8) is 0 Å². The molecular weight excluding hydrogens is 446 g/mol. The van der Waals surface area contributed by atoms with E-state index < -0.39 is 24.2 Å². The first-order valence-corrected chi connectivity index (χ1v) is 11.7. The molecule has 0 unspecified atom stereocenters. The minimum atomic E-state index is -0.946. The van der Waals surface area contributed by atoms with Gasteiger partial charge in [-0.25, -0.2) is 4.79 Å². The van der Waals surface area contributed by atoms with Crippen molar-refractivity contribution in [1.82, 2.24) is 5.32 Å². The van der Waals surface area contributed by atoms with E-state index in [2.05, 4.69) is 17.4 Å². The van der Waals surface area contributed by atoms with Crippen molar-refractivity contribution >= 4 is 11.9 Å². The van der Waals surface area contributed by atoms with Crippen LogP contribution in [0.5, 0.6) is 0 Å². The van der Waals surface area contributed by atoms with Crippen LogP contribution in [0.4, 0.5) is 0 Å². The maximum Gasteiger partial charge on any atom is 0.396 e. The second-order valence-electron chi connectivity index (χ2n) is 8.52. The molecule has 180 valence electrons. The Morgan fingerprint density at radius 3 is 2.11 bits per heavy atom. The Kier molecular flexibility index (Phi) is 7.18. The Morgan fingerprint density at radius 2 is 1.46 bits per heavy atom. The summed E-state index contributed by atoms with van der Waals surface area (Å²) in [6.07, 6.45) is -0.684. The van der Waals surface area contributed by atoms with Crippen molar-refractivity contribution in [2.45, 2.75) is 24.9 Å². The van der Waals surface area contributed by atoms with E-state index in [4.69, 9.17) is 18.9 Å². The number of hydrogen-bond donors (Lipinski definition) is 1. The summed E-state index contributed by atoms with van der Waals surface area (Å²) >= 11 is 0. The zero-order valence-corrected chi connectivity index (χ0v) is 19.2. The second kappa shape index (κ2) is 10.8. The van der Waals surface area contributed by atoms with Gasteiger partial charge in [-0.05, 0) is 27.8 Å². The standard InChI is InChI=1S/C28H27NO6/c30-26(29-25(28-33-14-15-34-28)18-32-16-19-8-2-1-3-9-19)27(31)35-17-24-22-12-6-4-10-20(22)21-11-5-7-13-23(21)24/h1-13,24-25,28H,14-18H2,(H,29,30)/t25-/m0/s1. The first-order valence-electron chi connectivity index (χ1n) is 11.7. The molecule has 3 aromatic rings. The van der Waals surface area contributed by atoms with Gasteiger partial charge in [-0.2, -0.15) is 0 Å². The van der Waals surface area contributed by atoms with Crippen molar-refractivity contribution in [3.8, 4) is 11.1 Å². The largest absolute Gasteiger partial charge is 0.458 e. The number of amides is 1. The molecule has 0 saturated carbocycles. The molecule has 1 aliphatic carbocycles. The zero-order valence-electron chi connectivity index (χ0n) is 19.2. The van der Waals surface area contributed by atoms with Crippen molar-refractivity contribution < 1.29 is 28.5 Å². The van der Waals surface area contributed by atoms with Crippen LogP contribution in [0.15, 0.2) is 78.9 Å². The predicted octanol–water partition coefficient (Wildman–Crippen LogP) is 3.42. The Morgan fingerprint density at radius 1 is 0.857 bits per heavy atom. The predicted molar refractivity (Wildman–Crippen MR) is 128 cm³/mol. The average Bonchev–Trinajstić information content (AvgIpc) is 3.54. The van der Waals surface area contributed by atoms with Crippen LogP contribution in [0.25, 0.3) is 11.1 Å². The smallest absolute Gasteiger partial charge is 0.396 e. The third-order valence-corrected chi connectivity index (χ3v) is 6.23. The van der Waals surface area contributed by atoms with Crippen LogP contribution in [-0.2, 0) is 35.1 Å². The van der Waals surface area contributed by atoms with Crippen molar-refractivity contribution in [3.05, 3.63) is 95.6 Å². The van der Waals surface area contributed by atoms with Crippen LogP contribution in [-0.4, -0.2) is 50.6 Å². The quantitative estimate of drug-likeness (QED) is 0.399. The molecule has 0 aromatic heterocycles. The van der Waals surface area contributed by atoms with E-state index >= 15 is 0 Å². The Balaban J connectivity index is 1.19. The molecule has 1 N–H and O–H groups in total. The number of fused-ring (bicyclic) bond motifs is 3. The summed E-state index contributed by atoms with van der Waals surface area (Å²) in [5.74, 6) is -1.92. The van der Waals surface area contributed by atoms with Gasteiger partial charge in [0.05, 0.1) is 26.4 Å². The molecular formula is C28H27NO6. The number of carbonyl (C=O) groups excluding carboxylic acids is 2. The summed E-state index contributed by atoms with van der Waals surface area (Å²) in [4.78, 5) is 25.3. The highest BCUT2D eigenvalue weighted by molar-refractivity contribution is 6.32. The van der Waals surface area contributed by atoms with Gasteiger partial charge in [0, 0.05) is 5.92 Å². The van der Waals surface area contributed by atoms with Crippen LogP contribution in [0.2, 0.25) is 0 Å². The summed E-state index contributed by atoms with van der Waals surface area (Å²) in [7, 11) is 0. The molecule has 2 aliphatic rings. The van der Waals surface area contributed by atoms with Gasteiger partial charge in [0.15, 0.2) is 6.29 Å². The Bertz CT molecular complexity index is 1130. The summed E-state index contributed by atoms with van der Waals surface area (Å²) in [6, 6.07) is 25.1. The molecule has 0 bridgehead atoms. The fourth-order valence-corrected chi connectivity index (χ4v) is 4.57. The highest BCUT2D eigenvalue weighted by Crippen LogP contribution is 2.44. The summed E-state index contributed by atoms with van der Waals surface area (Å²) in [6.45, 7) is 1.40. The van der Waals surface area contributed by atoms with Crippen molar-refractivity contribution in [2.75, 3.05) is 26.4 Å². The minimum absolute atomic E-state index is 0.0753. The van der Waals surface area contributed by atoms with Gasteiger partial charge in [0.2, 0.25) is 0 Å². The maximum atomic E-state index is 12.7. The van der Waals surface area contributed by atoms with Gasteiger partial charge in [0.25, 0.3) is 0 Å². The fraction of sp³-hybridized carbons (Fsp3) is 0.286. The fourth-order valence-electron chi connectivity index (χ4n) is 4.57. The molecule has 3 aromatic carbocycles. The van der Waals surface area contributed by atoms with Crippen molar-refractivity contribution in [1.29, 1.82) is 0 Å². The van der Waals surface area contributed by atoms with E-state index in [1.54, 1.807) is 0 Å². The van der Waals surface area contributed by atoms with E-state index in [1.807, 2.05) is 66.7 Å². The number of nitrogens with one attached hydrogen (secondary N) is 1. The number of rotatable bonds is 8. The highest BCUT2D eigenvalue weighted by atomic mass is 16.7. The molecule has 7 nitrogen and oxygen atoms in total. The lowest BCUT2D eigenvalue weighted by Gasteiger charge is -2.23. The van der Waals surface area contributed by atoms with Crippen LogP contribution < -0.4 is 5.32 Å². The van der Waals surface area contributed by atoms with E-state index in [1.165, 1.54) is 0 Å². The number of hydrogen-bond acceptors (Lipinski definition) is 6. The van der Waals surface area contributed by atoms with Crippen LogP contribution in [0, 0.1) is 0 Å². The van der Waals surface area contributed by atoms with Gasteiger partial charge in [0.1, 0.15) is 12.6 Å². The molecule has 1 heterocycles. The van der Waals surface area contributed by atoms with Crippen LogP contribution in [0.3, 0.4) is 0 Å². The molecule has 1 saturated heterocycles. The van der Waals surface area contributed by atoms with E-state index in [9.17, 15) is 9.59 Å². The second-order valence-corrected chi connectivity index (χ2v) is 8.52. The summed E-state index contributed by atoms with van der Waals surface area (Å²) < 4.78 is 22.3. The SMILES string of the molecule is O=C(N[C@@H](COCc1ccccc1)C1OCCO1)C(=O)OCC1c2ccccc2-c2ccccc21. The lowest BCUT2D eigenvalue weighted by atomic mass is 9.98. The Labute approximate surface area is 204 Å². The van der Waals surface area contributed by atoms with E-state index in [0.717, 1.165) is 27.8 Å². The normalized spacial score (nSPS) is 15.9. The third-order valence-electron chi connectivity index (χ3n) is 6.23.